The summed E-state index contributed by atoms with van der Waals surface area (Å²) in [5.74, 6) is 0.795. The van der Waals surface area contributed by atoms with E-state index in [1.807, 2.05) is 19.2 Å². The van der Waals surface area contributed by atoms with Crippen LogP contribution in [-0.2, 0) is 5.54 Å². The smallest absolute Gasteiger partial charge is 0.155 e. The number of pyridine rings is 1. The molecule has 2 aromatic rings. The molecule has 0 aromatic carbocycles. The lowest BCUT2D eigenvalue weighted by Gasteiger charge is -2.07. The van der Waals surface area contributed by atoms with Gasteiger partial charge in [0.25, 0.3) is 0 Å². The molecule has 0 unspecified atom stereocenters. The summed E-state index contributed by atoms with van der Waals surface area (Å²) in [7, 11) is 0. The summed E-state index contributed by atoms with van der Waals surface area (Å²) in [5.41, 5.74) is 8.06. The van der Waals surface area contributed by atoms with Crippen molar-refractivity contribution >= 4 is 5.65 Å². The SMILES string of the molecule is Cc1nc2ccc(C3(N)CC3)cn2n1. The third-order valence-electron chi connectivity index (χ3n) is 2.80. The van der Waals surface area contributed by atoms with Crippen LogP contribution in [0, 0.1) is 6.92 Å². The van der Waals surface area contributed by atoms with E-state index in [-0.39, 0.29) is 5.54 Å². The van der Waals surface area contributed by atoms with Gasteiger partial charge in [0, 0.05) is 11.7 Å². The summed E-state index contributed by atoms with van der Waals surface area (Å²) >= 11 is 0. The molecule has 72 valence electrons. The standard InChI is InChI=1S/C10H12N4/c1-7-12-9-3-2-8(6-14(9)13-7)10(11)4-5-10/h2-3,6H,4-5,11H2,1H3. The maximum atomic E-state index is 6.10. The first-order valence-corrected chi connectivity index (χ1v) is 4.80. The number of hydrogen-bond acceptors (Lipinski definition) is 3. The topological polar surface area (TPSA) is 56.2 Å². The van der Waals surface area contributed by atoms with Gasteiger partial charge in [-0.05, 0) is 31.4 Å². The Kier molecular flexibility index (Phi) is 1.32. The van der Waals surface area contributed by atoms with Crippen molar-refractivity contribution in [3.63, 3.8) is 0 Å². The van der Waals surface area contributed by atoms with E-state index >= 15 is 0 Å². The molecule has 0 bridgehead atoms. The van der Waals surface area contributed by atoms with E-state index < -0.39 is 0 Å². The highest BCUT2D eigenvalue weighted by atomic mass is 15.3. The molecule has 0 amide bonds. The van der Waals surface area contributed by atoms with Crippen LogP contribution in [-0.4, -0.2) is 14.6 Å². The van der Waals surface area contributed by atoms with Gasteiger partial charge in [0.05, 0.1) is 0 Å². The zero-order chi connectivity index (χ0) is 9.76. The van der Waals surface area contributed by atoms with Gasteiger partial charge < -0.3 is 5.73 Å². The van der Waals surface area contributed by atoms with Crippen molar-refractivity contribution in [1.82, 2.24) is 14.6 Å². The zero-order valence-electron chi connectivity index (χ0n) is 8.07. The Bertz CT molecular complexity index is 496. The molecule has 2 N–H and O–H groups in total. The minimum Gasteiger partial charge on any atom is -0.321 e. The molecule has 0 atom stereocenters. The molecule has 0 aliphatic heterocycles. The van der Waals surface area contributed by atoms with Crippen LogP contribution < -0.4 is 5.73 Å². The molecular formula is C10H12N4. The Balaban J connectivity index is 2.19. The van der Waals surface area contributed by atoms with Crippen molar-refractivity contribution in [3.05, 3.63) is 29.7 Å². The zero-order valence-corrected chi connectivity index (χ0v) is 8.07. The predicted molar refractivity (Wildman–Crippen MR) is 52.8 cm³/mol. The van der Waals surface area contributed by atoms with Gasteiger partial charge >= 0.3 is 0 Å². The summed E-state index contributed by atoms with van der Waals surface area (Å²) in [6, 6.07) is 4.03. The molecule has 1 fully saturated rings. The second-order valence-electron chi connectivity index (χ2n) is 4.04. The minimum absolute atomic E-state index is 0.0892. The molecule has 2 heterocycles. The van der Waals surface area contributed by atoms with E-state index in [4.69, 9.17) is 5.73 Å². The van der Waals surface area contributed by atoms with Crippen LogP contribution >= 0.6 is 0 Å². The highest BCUT2D eigenvalue weighted by molar-refractivity contribution is 5.41. The van der Waals surface area contributed by atoms with Crippen LogP contribution in [0.2, 0.25) is 0 Å². The highest BCUT2D eigenvalue weighted by Gasteiger charge is 2.40. The molecule has 0 radical (unpaired) electrons. The number of aryl methyl sites for hydroxylation is 1. The Labute approximate surface area is 81.8 Å². The van der Waals surface area contributed by atoms with E-state index in [0.29, 0.717) is 0 Å². The number of hydrogen-bond donors (Lipinski definition) is 1. The quantitative estimate of drug-likeness (QED) is 0.726. The Morgan fingerprint density at radius 1 is 1.43 bits per heavy atom. The summed E-state index contributed by atoms with van der Waals surface area (Å²) in [6.45, 7) is 1.89. The van der Waals surface area contributed by atoms with Crippen molar-refractivity contribution in [2.24, 2.45) is 5.73 Å². The number of nitrogens with two attached hydrogens (primary N) is 1. The van der Waals surface area contributed by atoms with Crippen molar-refractivity contribution < 1.29 is 0 Å². The lowest BCUT2D eigenvalue weighted by Crippen LogP contribution is -2.19. The minimum atomic E-state index is -0.0892. The van der Waals surface area contributed by atoms with Gasteiger partial charge in [-0.2, -0.15) is 5.10 Å². The fraction of sp³-hybridized carbons (Fsp3) is 0.400. The summed E-state index contributed by atoms with van der Waals surface area (Å²) in [6.07, 6.45) is 4.14. The first kappa shape index (κ1) is 7.94. The Morgan fingerprint density at radius 3 is 2.93 bits per heavy atom. The average Bonchev–Trinajstić information content (AvgIpc) is 2.79. The lowest BCUT2D eigenvalue weighted by atomic mass is 10.1. The largest absolute Gasteiger partial charge is 0.321 e. The van der Waals surface area contributed by atoms with E-state index in [1.54, 1.807) is 4.52 Å². The monoisotopic (exact) mass is 188 g/mol. The first-order chi connectivity index (χ1) is 6.67. The molecule has 4 nitrogen and oxygen atoms in total. The maximum absolute atomic E-state index is 6.10. The van der Waals surface area contributed by atoms with E-state index in [9.17, 15) is 0 Å². The second-order valence-corrected chi connectivity index (χ2v) is 4.04. The normalized spacial score (nSPS) is 18.7. The second kappa shape index (κ2) is 2.33. The van der Waals surface area contributed by atoms with Gasteiger partial charge in [-0.3, -0.25) is 0 Å². The molecule has 4 heteroatoms. The fourth-order valence-corrected chi connectivity index (χ4v) is 1.71. The lowest BCUT2D eigenvalue weighted by molar-refractivity contribution is 0.726. The molecule has 1 aliphatic rings. The molecule has 0 spiro atoms. The van der Waals surface area contributed by atoms with E-state index in [2.05, 4.69) is 16.1 Å². The van der Waals surface area contributed by atoms with Crippen LogP contribution in [0.15, 0.2) is 18.3 Å². The number of fused-ring (bicyclic) bond motifs is 1. The van der Waals surface area contributed by atoms with Crippen LogP contribution in [0.3, 0.4) is 0 Å². The van der Waals surface area contributed by atoms with Crippen molar-refractivity contribution in [3.8, 4) is 0 Å². The number of rotatable bonds is 1. The molecular weight excluding hydrogens is 176 g/mol. The van der Waals surface area contributed by atoms with Gasteiger partial charge in [0.2, 0.25) is 0 Å². The van der Waals surface area contributed by atoms with Gasteiger partial charge in [0.1, 0.15) is 5.82 Å². The van der Waals surface area contributed by atoms with Gasteiger partial charge in [-0.25, -0.2) is 9.50 Å². The summed E-state index contributed by atoms with van der Waals surface area (Å²) < 4.78 is 1.80. The molecule has 1 saturated carbocycles. The predicted octanol–water partition coefficient (Wildman–Crippen LogP) is 0.986. The Morgan fingerprint density at radius 2 is 2.21 bits per heavy atom. The molecule has 3 rings (SSSR count). The third-order valence-corrected chi connectivity index (χ3v) is 2.80. The first-order valence-electron chi connectivity index (χ1n) is 4.80. The van der Waals surface area contributed by atoms with Crippen molar-refractivity contribution in [1.29, 1.82) is 0 Å². The molecule has 1 aliphatic carbocycles. The van der Waals surface area contributed by atoms with E-state index in [0.717, 1.165) is 29.9 Å². The third kappa shape index (κ3) is 1.04. The molecule has 0 saturated heterocycles. The molecule has 14 heavy (non-hydrogen) atoms. The number of aromatic nitrogens is 3. The maximum Gasteiger partial charge on any atom is 0.155 e. The van der Waals surface area contributed by atoms with Gasteiger partial charge in [-0.1, -0.05) is 6.07 Å². The van der Waals surface area contributed by atoms with Gasteiger partial charge in [0.15, 0.2) is 5.65 Å². The van der Waals surface area contributed by atoms with Crippen LogP contribution in [0.4, 0.5) is 0 Å². The summed E-state index contributed by atoms with van der Waals surface area (Å²) in [4.78, 5) is 4.27. The van der Waals surface area contributed by atoms with Crippen LogP contribution in [0.1, 0.15) is 24.2 Å². The fourth-order valence-electron chi connectivity index (χ4n) is 1.71. The Hall–Kier alpha value is -1.42. The number of nitrogens with zero attached hydrogens (tertiary/aromatic N) is 3. The summed E-state index contributed by atoms with van der Waals surface area (Å²) in [5, 5.41) is 4.27. The highest BCUT2D eigenvalue weighted by Crippen LogP contribution is 2.42. The molecule has 2 aromatic heterocycles. The van der Waals surface area contributed by atoms with Crippen LogP contribution in [0.5, 0.6) is 0 Å². The van der Waals surface area contributed by atoms with Gasteiger partial charge in [-0.15, -0.1) is 0 Å². The van der Waals surface area contributed by atoms with Crippen molar-refractivity contribution in [2.75, 3.05) is 0 Å². The van der Waals surface area contributed by atoms with E-state index in [1.165, 1.54) is 0 Å². The van der Waals surface area contributed by atoms with Crippen LogP contribution in [0.25, 0.3) is 5.65 Å². The van der Waals surface area contributed by atoms with Crippen molar-refractivity contribution in [2.45, 2.75) is 25.3 Å². The average molecular weight is 188 g/mol.